The standard InChI is InChI=1S/C22H29N3O2/c1-4-13-25(14-5-2)22(27)18-7-6-8-20(15-18)23-16-21(26)24-19-11-9-17(3)10-12-19/h6-12,15,23H,4-5,13-14,16H2,1-3H3,(H,24,26). The molecule has 0 spiro atoms. The van der Waals surface area contributed by atoms with E-state index in [-0.39, 0.29) is 18.4 Å². The number of amides is 2. The van der Waals surface area contributed by atoms with E-state index in [2.05, 4.69) is 24.5 Å². The highest BCUT2D eigenvalue weighted by molar-refractivity contribution is 5.96. The predicted octanol–water partition coefficient (Wildman–Crippen LogP) is 4.31. The average Bonchev–Trinajstić information content (AvgIpc) is 2.68. The minimum absolute atomic E-state index is 0.0338. The van der Waals surface area contributed by atoms with Gasteiger partial charge in [-0.3, -0.25) is 9.59 Å². The molecule has 144 valence electrons. The van der Waals surface area contributed by atoms with Gasteiger partial charge in [-0.05, 0) is 50.1 Å². The largest absolute Gasteiger partial charge is 0.376 e. The maximum Gasteiger partial charge on any atom is 0.253 e. The zero-order valence-corrected chi connectivity index (χ0v) is 16.4. The van der Waals surface area contributed by atoms with Crippen molar-refractivity contribution in [3.05, 3.63) is 59.7 Å². The lowest BCUT2D eigenvalue weighted by Gasteiger charge is -2.21. The molecule has 0 saturated heterocycles. The van der Waals surface area contributed by atoms with Gasteiger partial charge >= 0.3 is 0 Å². The first-order valence-electron chi connectivity index (χ1n) is 9.53. The molecule has 0 bridgehead atoms. The van der Waals surface area contributed by atoms with Crippen LogP contribution in [0.5, 0.6) is 0 Å². The number of anilines is 2. The number of aryl methyl sites for hydroxylation is 1. The zero-order chi connectivity index (χ0) is 19.6. The first-order chi connectivity index (χ1) is 13.0. The van der Waals surface area contributed by atoms with Gasteiger partial charge in [-0.2, -0.15) is 0 Å². The van der Waals surface area contributed by atoms with Crippen LogP contribution in [0.3, 0.4) is 0 Å². The zero-order valence-electron chi connectivity index (χ0n) is 16.4. The second-order valence-electron chi connectivity index (χ2n) is 6.64. The van der Waals surface area contributed by atoms with Crippen LogP contribution in [-0.4, -0.2) is 36.3 Å². The minimum atomic E-state index is -0.130. The lowest BCUT2D eigenvalue weighted by molar-refractivity contribution is -0.114. The molecule has 5 nitrogen and oxygen atoms in total. The number of nitrogens with zero attached hydrogens (tertiary/aromatic N) is 1. The van der Waals surface area contributed by atoms with Crippen LogP contribution in [0.15, 0.2) is 48.5 Å². The smallest absolute Gasteiger partial charge is 0.253 e. The van der Waals surface area contributed by atoms with Gasteiger partial charge in [0.05, 0.1) is 6.54 Å². The first kappa shape index (κ1) is 20.5. The van der Waals surface area contributed by atoms with Crippen LogP contribution in [0.2, 0.25) is 0 Å². The van der Waals surface area contributed by atoms with Crippen molar-refractivity contribution in [1.29, 1.82) is 0 Å². The SMILES string of the molecule is CCCN(CCC)C(=O)c1cccc(NCC(=O)Nc2ccc(C)cc2)c1. The number of hydrogen-bond acceptors (Lipinski definition) is 3. The Balaban J connectivity index is 1.95. The molecule has 2 N–H and O–H groups in total. The van der Waals surface area contributed by atoms with E-state index in [1.54, 1.807) is 6.07 Å². The molecule has 0 aromatic heterocycles. The van der Waals surface area contributed by atoms with Gasteiger partial charge in [-0.1, -0.05) is 37.6 Å². The molecule has 0 unspecified atom stereocenters. The monoisotopic (exact) mass is 367 g/mol. The van der Waals surface area contributed by atoms with Crippen molar-refractivity contribution >= 4 is 23.2 Å². The summed E-state index contributed by atoms with van der Waals surface area (Å²) >= 11 is 0. The van der Waals surface area contributed by atoms with Crippen molar-refractivity contribution < 1.29 is 9.59 Å². The van der Waals surface area contributed by atoms with Crippen molar-refractivity contribution in [2.75, 3.05) is 30.3 Å². The van der Waals surface area contributed by atoms with Crippen molar-refractivity contribution in [1.82, 2.24) is 4.90 Å². The summed E-state index contributed by atoms with van der Waals surface area (Å²) < 4.78 is 0. The highest BCUT2D eigenvalue weighted by atomic mass is 16.2. The molecule has 0 radical (unpaired) electrons. The van der Waals surface area contributed by atoms with Crippen LogP contribution in [0.1, 0.15) is 42.6 Å². The quantitative estimate of drug-likeness (QED) is 0.694. The molecule has 2 amide bonds. The van der Waals surface area contributed by atoms with Crippen LogP contribution in [0.4, 0.5) is 11.4 Å². The lowest BCUT2D eigenvalue weighted by atomic mass is 10.1. The summed E-state index contributed by atoms with van der Waals surface area (Å²) in [4.78, 5) is 26.7. The van der Waals surface area contributed by atoms with E-state index in [0.717, 1.165) is 42.9 Å². The molecule has 27 heavy (non-hydrogen) atoms. The van der Waals surface area contributed by atoms with Gasteiger partial charge in [0.2, 0.25) is 5.91 Å². The highest BCUT2D eigenvalue weighted by Crippen LogP contribution is 2.14. The molecule has 0 atom stereocenters. The summed E-state index contributed by atoms with van der Waals surface area (Å²) in [5.74, 6) is -0.0966. The van der Waals surface area contributed by atoms with Gasteiger partial charge < -0.3 is 15.5 Å². The predicted molar refractivity (Wildman–Crippen MR) is 111 cm³/mol. The van der Waals surface area contributed by atoms with Crippen molar-refractivity contribution in [2.45, 2.75) is 33.6 Å². The molecule has 2 aromatic rings. The van der Waals surface area contributed by atoms with Gasteiger partial charge in [0.1, 0.15) is 0 Å². The molecule has 0 fully saturated rings. The lowest BCUT2D eigenvalue weighted by Crippen LogP contribution is -2.32. The molecule has 5 heteroatoms. The number of benzene rings is 2. The van der Waals surface area contributed by atoms with Crippen molar-refractivity contribution in [2.24, 2.45) is 0 Å². The Morgan fingerprint density at radius 3 is 2.22 bits per heavy atom. The molecule has 0 saturated carbocycles. The topological polar surface area (TPSA) is 61.4 Å². The summed E-state index contributed by atoms with van der Waals surface area (Å²) in [6.45, 7) is 7.79. The second kappa shape index (κ2) is 10.4. The fourth-order valence-electron chi connectivity index (χ4n) is 2.82. The van der Waals surface area contributed by atoms with Crippen LogP contribution in [0.25, 0.3) is 0 Å². The Morgan fingerprint density at radius 2 is 1.59 bits per heavy atom. The van der Waals surface area contributed by atoms with E-state index in [9.17, 15) is 9.59 Å². The Morgan fingerprint density at radius 1 is 0.926 bits per heavy atom. The molecule has 2 rings (SSSR count). The third-order valence-electron chi connectivity index (χ3n) is 4.17. The number of carbonyl (C=O) groups is 2. The third-order valence-corrected chi connectivity index (χ3v) is 4.17. The molecule has 0 heterocycles. The molecule has 0 aliphatic carbocycles. The minimum Gasteiger partial charge on any atom is -0.376 e. The van der Waals surface area contributed by atoms with E-state index >= 15 is 0 Å². The summed E-state index contributed by atoms with van der Waals surface area (Å²) in [7, 11) is 0. The van der Waals surface area contributed by atoms with Gasteiger partial charge in [0.25, 0.3) is 5.91 Å². The van der Waals surface area contributed by atoms with Gasteiger partial charge in [0, 0.05) is 30.0 Å². The van der Waals surface area contributed by atoms with Crippen LogP contribution in [0, 0.1) is 6.92 Å². The fourth-order valence-corrected chi connectivity index (χ4v) is 2.82. The summed E-state index contributed by atoms with van der Waals surface area (Å²) in [5.41, 5.74) is 3.31. The van der Waals surface area contributed by atoms with Crippen LogP contribution >= 0.6 is 0 Å². The molecule has 0 aliphatic rings. The Labute approximate surface area is 161 Å². The Bertz CT molecular complexity index is 750. The number of carbonyl (C=O) groups excluding carboxylic acids is 2. The van der Waals surface area contributed by atoms with E-state index in [1.807, 2.05) is 54.3 Å². The van der Waals surface area contributed by atoms with E-state index in [4.69, 9.17) is 0 Å². The molecular formula is C22H29N3O2. The van der Waals surface area contributed by atoms with E-state index in [0.29, 0.717) is 5.56 Å². The average molecular weight is 367 g/mol. The van der Waals surface area contributed by atoms with Gasteiger partial charge in [-0.15, -0.1) is 0 Å². The Hall–Kier alpha value is -2.82. The third kappa shape index (κ3) is 6.44. The normalized spacial score (nSPS) is 10.3. The van der Waals surface area contributed by atoms with Crippen LogP contribution in [-0.2, 0) is 4.79 Å². The van der Waals surface area contributed by atoms with Gasteiger partial charge in [-0.25, -0.2) is 0 Å². The fraction of sp³-hybridized carbons (Fsp3) is 0.364. The molecule has 2 aromatic carbocycles. The summed E-state index contributed by atoms with van der Waals surface area (Å²) in [6, 6.07) is 15.0. The van der Waals surface area contributed by atoms with E-state index < -0.39 is 0 Å². The molecular weight excluding hydrogens is 338 g/mol. The highest BCUT2D eigenvalue weighted by Gasteiger charge is 2.14. The van der Waals surface area contributed by atoms with Crippen molar-refractivity contribution in [3.63, 3.8) is 0 Å². The first-order valence-corrected chi connectivity index (χ1v) is 9.53. The molecule has 0 aliphatic heterocycles. The van der Waals surface area contributed by atoms with Gasteiger partial charge in [0.15, 0.2) is 0 Å². The van der Waals surface area contributed by atoms with Crippen molar-refractivity contribution in [3.8, 4) is 0 Å². The Kier molecular flexibility index (Phi) is 7.86. The number of hydrogen-bond donors (Lipinski definition) is 2. The summed E-state index contributed by atoms with van der Waals surface area (Å²) in [5, 5.41) is 5.94. The van der Waals surface area contributed by atoms with E-state index in [1.165, 1.54) is 0 Å². The van der Waals surface area contributed by atoms with Crippen LogP contribution < -0.4 is 10.6 Å². The second-order valence-corrected chi connectivity index (χ2v) is 6.64. The number of nitrogens with one attached hydrogen (secondary N) is 2. The summed E-state index contributed by atoms with van der Waals surface area (Å²) in [6.07, 6.45) is 1.87. The maximum atomic E-state index is 12.7. The maximum absolute atomic E-state index is 12.7. The number of rotatable bonds is 9.